The van der Waals surface area contributed by atoms with Crippen LogP contribution in [-0.4, -0.2) is 63.5 Å². The van der Waals surface area contributed by atoms with E-state index in [1.54, 1.807) is 21.9 Å². The molecule has 8 aromatic rings. The van der Waals surface area contributed by atoms with Crippen molar-refractivity contribution in [2.24, 2.45) is 0 Å². The van der Waals surface area contributed by atoms with Crippen molar-refractivity contribution in [2.45, 2.75) is 169 Å². The zero-order chi connectivity index (χ0) is 68.9. The van der Waals surface area contributed by atoms with Crippen LogP contribution in [-0.2, 0) is 35.6 Å². The van der Waals surface area contributed by atoms with Gasteiger partial charge in [-0.15, -0.1) is 0 Å². The Morgan fingerprint density at radius 1 is 0.408 bits per heavy atom. The Morgan fingerprint density at radius 3 is 1.11 bits per heavy atom. The highest BCUT2D eigenvalue weighted by molar-refractivity contribution is 6.01. The van der Waals surface area contributed by atoms with Crippen LogP contribution in [0.3, 0.4) is 0 Å². The van der Waals surface area contributed by atoms with E-state index in [0.717, 1.165) is 124 Å². The fourth-order valence-electron chi connectivity index (χ4n) is 14.6. The molecular formula is C84H94N4O10. The third-order valence-corrected chi connectivity index (χ3v) is 20.4. The third-order valence-electron chi connectivity index (χ3n) is 20.4. The Labute approximate surface area is 578 Å². The minimum absolute atomic E-state index is 0.227. The maximum absolute atomic E-state index is 14.9. The van der Waals surface area contributed by atoms with Crippen molar-refractivity contribution >= 4 is 58.2 Å². The van der Waals surface area contributed by atoms with Gasteiger partial charge in [0.1, 0.15) is 23.0 Å². The number of hydrogen-bond donors (Lipinski definition) is 0. The highest BCUT2D eigenvalue weighted by Gasteiger charge is 2.56. The quantitative estimate of drug-likeness (QED) is 0.0275. The average molecular weight is 1320 g/mol. The van der Waals surface area contributed by atoms with Gasteiger partial charge in [0, 0.05) is 88.5 Å². The topological polar surface area (TPSA) is 137 Å². The Bertz CT molecular complexity index is 3980. The maximum atomic E-state index is 14.9. The number of esters is 2. The summed E-state index contributed by atoms with van der Waals surface area (Å²) >= 11 is 0. The fourth-order valence-corrected chi connectivity index (χ4v) is 14.6. The molecule has 0 saturated carbocycles. The highest BCUT2D eigenvalue weighted by atomic mass is 16.6. The molecule has 0 bridgehead atoms. The number of unbranched alkanes of at least 4 members (excludes halogenated alkanes) is 6. The summed E-state index contributed by atoms with van der Waals surface area (Å²) in [5.41, 5.74) is 9.46. The summed E-state index contributed by atoms with van der Waals surface area (Å²) in [4.78, 5) is 66.2. The number of aryl methyl sites for hydroxylation is 2. The van der Waals surface area contributed by atoms with Gasteiger partial charge in [-0.3, -0.25) is 0 Å². The molecule has 14 nitrogen and oxygen atoms in total. The van der Waals surface area contributed by atoms with Crippen LogP contribution >= 0.6 is 0 Å². The molecule has 2 unspecified atom stereocenters. The van der Waals surface area contributed by atoms with E-state index in [1.807, 2.05) is 111 Å². The van der Waals surface area contributed by atoms with Crippen LogP contribution in [0.5, 0.6) is 23.0 Å². The lowest BCUT2D eigenvalue weighted by Gasteiger charge is -2.38. The molecule has 0 aromatic heterocycles. The zero-order valence-corrected chi connectivity index (χ0v) is 58.8. The van der Waals surface area contributed by atoms with Crippen LogP contribution in [0.1, 0.15) is 215 Å². The van der Waals surface area contributed by atoms with E-state index in [2.05, 4.69) is 114 Å². The molecule has 510 valence electrons. The number of benzene rings is 8. The Kier molecular flexibility index (Phi) is 20.4. The standard InChI is InChI=1S/C84H94N4O10/c1-11-18-44-85(45-19-12-2)62-40-42-68-76(52-62)95-74-50-56(8)72(54-70(74)83(68)66-30-26-24-28-64(66)78(89)97-83)87(80(91)93-48-22-15-5)60-36-32-58(33-37-60)82(10,17-7)59-34-38-61(39-35-59)88(81(92)94-49-23-16-6)73-55-71-75(51-57(73)9)96-77-53-63(86(46-20-13-3)47-21-14-4)41-43-69(77)84(71)67-31-27-25-29-65(67)79(90)98-84/h24-43,50-55H,11-23,44-49H2,1-10H3. The molecule has 0 fully saturated rings. The summed E-state index contributed by atoms with van der Waals surface area (Å²) in [6, 6.07) is 51.5. The van der Waals surface area contributed by atoms with Gasteiger partial charge in [0.25, 0.3) is 0 Å². The lowest BCUT2D eigenvalue weighted by Crippen LogP contribution is -2.34. The first-order valence-electron chi connectivity index (χ1n) is 35.9. The second kappa shape index (κ2) is 29.3. The number of nitrogens with zero attached hydrogens (tertiary/aromatic N) is 4. The fraction of sp³-hybridized carbons (Fsp3) is 0.381. The van der Waals surface area contributed by atoms with Crippen molar-refractivity contribution in [1.29, 1.82) is 0 Å². The number of ether oxygens (including phenoxy) is 6. The molecule has 2 atom stereocenters. The zero-order valence-electron chi connectivity index (χ0n) is 58.8. The van der Waals surface area contributed by atoms with Crippen LogP contribution in [0.4, 0.5) is 43.7 Å². The summed E-state index contributed by atoms with van der Waals surface area (Å²) in [6.07, 6.45) is 11.2. The molecule has 0 saturated heterocycles. The maximum Gasteiger partial charge on any atom is 0.418 e. The van der Waals surface area contributed by atoms with Crippen LogP contribution in [0.2, 0.25) is 0 Å². The van der Waals surface area contributed by atoms with Gasteiger partial charge in [0.2, 0.25) is 0 Å². The van der Waals surface area contributed by atoms with E-state index in [0.29, 0.717) is 110 Å². The number of anilines is 6. The molecule has 0 aliphatic carbocycles. The SMILES string of the molecule is CCCCOC(=O)N(c1ccc(C(C)(CC)c2ccc(N(C(=O)OCCCC)c3cc4c(cc3C)Oc3cc(N(CCCC)CCCC)ccc3C43OC(=O)c4ccccc43)cc2)cc1)c1cc2c(cc1C)Oc1cc(N(CCCC)CCCC)ccc1C21OC(=O)c2ccccc21. The van der Waals surface area contributed by atoms with Crippen molar-refractivity contribution < 1.29 is 47.6 Å². The van der Waals surface area contributed by atoms with Crippen molar-refractivity contribution in [3.05, 3.63) is 224 Å². The van der Waals surface area contributed by atoms with Crippen LogP contribution in [0, 0.1) is 13.8 Å². The summed E-state index contributed by atoms with van der Waals surface area (Å²) in [5.74, 6) is 1.40. The monoisotopic (exact) mass is 1320 g/mol. The lowest BCUT2D eigenvalue weighted by atomic mass is 9.74. The third kappa shape index (κ3) is 12.4. The summed E-state index contributed by atoms with van der Waals surface area (Å²) in [6.45, 7) is 25.3. The van der Waals surface area contributed by atoms with Gasteiger partial charge in [-0.2, -0.15) is 0 Å². The Hall–Kier alpha value is -9.56. The van der Waals surface area contributed by atoms with Crippen LogP contribution < -0.4 is 29.1 Å². The average Bonchev–Trinajstić information content (AvgIpc) is 1.29. The molecule has 8 aromatic carbocycles. The predicted molar refractivity (Wildman–Crippen MR) is 389 cm³/mol. The smallest absolute Gasteiger partial charge is 0.418 e. The Morgan fingerprint density at radius 2 is 0.755 bits per heavy atom. The van der Waals surface area contributed by atoms with E-state index in [9.17, 15) is 19.2 Å². The van der Waals surface area contributed by atoms with Crippen molar-refractivity contribution in [2.75, 3.05) is 59.0 Å². The first kappa shape index (κ1) is 68.4. The number of fused-ring (bicyclic) bond motifs is 12. The molecule has 14 heteroatoms. The van der Waals surface area contributed by atoms with E-state index in [-0.39, 0.29) is 13.2 Å². The largest absolute Gasteiger partial charge is 0.456 e. The highest BCUT2D eigenvalue weighted by Crippen LogP contribution is 2.60. The van der Waals surface area contributed by atoms with Crippen LogP contribution in [0.15, 0.2) is 158 Å². The molecule has 98 heavy (non-hydrogen) atoms. The van der Waals surface area contributed by atoms with E-state index in [4.69, 9.17) is 28.4 Å². The van der Waals surface area contributed by atoms with E-state index >= 15 is 0 Å². The molecule has 2 spiro atoms. The molecule has 12 rings (SSSR count). The second-order valence-corrected chi connectivity index (χ2v) is 26.8. The summed E-state index contributed by atoms with van der Waals surface area (Å²) in [7, 11) is 0. The van der Waals surface area contributed by atoms with Gasteiger partial charge >= 0.3 is 24.1 Å². The summed E-state index contributed by atoms with van der Waals surface area (Å²) < 4.78 is 39.6. The molecule has 4 aliphatic heterocycles. The number of carbonyl (C=O) groups is 4. The van der Waals surface area contributed by atoms with E-state index < -0.39 is 40.7 Å². The second-order valence-electron chi connectivity index (χ2n) is 26.8. The van der Waals surface area contributed by atoms with Gasteiger partial charge in [0.05, 0.1) is 47.1 Å². The number of amides is 2. The van der Waals surface area contributed by atoms with E-state index in [1.165, 1.54) is 0 Å². The first-order chi connectivity index (χ1) is 47.6. The minimum Gasteiger partial charge on any atom is -0.456 e. The minimum atomic E-state index is -1.39. The van der Waals surface area contributed by atoms with Gasteiger partial charge in [-0.1, -0.05) is 155 Å². The number of carbonyl (C=O) groups excluding carboxylic acids is 4. The summed E-state index contributed by atoms with van der Waals surface area (Å²) in [5, 5.41) is 0. The predicted octanol–water partition coefficient (Wildman–Crippen LogP) is 21.1. The number of rotatable bonds is 27. The molecule has 2 amide bonds. The van der Waals surface area contributed by atoms with Crippen molar-refractivity contribution in [3.63, 3.8) is 0 Å². The first-order valence-corrected chi connectivity index (χ1v) is 35.9. The van der Waals surface area contributed by atoms with Gasteiger partial charge < -0.3 is 38.2 Å². The Balaban J connectivity index is 0.902. The molecule has 0 N–H and O–H groups in total. The van der Waals surface area contributed by atoms with Crippen molar-refractivity contribution in [3.8, 4) is 23.0 Å². The van der Waals surface area contributed by atoms with Gasteiger partial charge in [0.15, 0.2) is 11.2 Å². The molecule has 4 aliphatic rings. The van der Waals surface area contributed by atoms with Crippen molar-refractivity contribution in [1.82, 2.24) is 0 Å². The number of hydrogen-bond acceptors (Lipinski definition) is 12. The van der Waals surface area contributed by atoms with Gasteiger partial charge in [-0.05, 0) is 166 Å². The molecule has 4 heterocycles. The molecule has 0 radical (unpaired) electrons. The van der Waals surface area contributed by atoms with Gasteiger partial charge in [-0.25, -0.2) is 29.0 Å². The van der Waals surface area contributed by atoms with Crippen LogP contribution in [0.25, 0.3) is 0 Å². The lowest BCUT2D eigenvalue weighted by molar-refractivity contribution is 0.0214. The normalized spacial score (nSPS) is 16.4. The molecular weight excluding hydrogens is 1220 g/mol.